The monoisotopic (exact) mass is 275 g/mol. The summed E-state index contributed by atoms with van der Waals surface area (Å²) in [6, 6.07) is 13.6. The molecule has 0 amide bonds. The maximum atomic E-state index is 3.73. The number of thiophene rings is 1. The molecule has 0 spiro atoms. The van der Waals surface area contributed by atoms with Crippen LogP contribution in [0.25, 0.3) is 10.4 Å². The molecule has 18 heavy (non-hydrogen) atoms. The van der Waals surface area contributed by atoms with Gasteiger partial charge in [-0.1, -0.05) is 31.2 Å². The van der Waals surface area contributed by atoms with Gasteiger partial charge < -0.3 is 5.32 Å². The lowest BCUT2D eigenvalue weighted by Gasteiger charge is -2.20. The highest BCUT2D eigenvalue weighted by molar-refractivity contribution is 7.99. The Morgan fingerprint density at radius 2 is 2.00 bits per heavy atom. The average Bonchev–Trinajstić information content (AvgIpc) is 3.03. The van der Waals surface area contributed by atoms with Crippen LogP contribution in [-0.2, 0) is 0 Å². The highest BCUT2D eigenvalue weighted by Gasteiger charge is 2.24. The molecule has 0 aliphatic carbocycles. The molecule has 94 valence electrons. The van der Waals surface area contributed by atoms with Crippen LogP contribution in [0.3, 0.4) is 0 Å². The van der Waals surface area contributed by atoms with Gasteiger partial charge in [-0.05, 0) is 29.2 Å². The molecule has 1 fully saturated rings. The summed E-state index contributed by atoms with van der Waals surface area (Å²) >= 11 is 3.86. The first-order valence-corrected chi connectivity index (χ1v) is 8.35. The molecule has 1 aromatic carbocycles. The number of rotatable bonds is 3. The number of benzene rings is 1. The second-order valence-corrected chi connectivity index (χ2v) is 6.81. The number of nitrogens with one attached hydrogen (secondary N) is 1. The van der Waals surface area contributed by atoms with Crippen LogP contribution in [0, 0.1) is 5.92 Å². The van der Waals surface area contributed by atoms with Crippen LogP contribution >= 0.6 is 23.1 Å². The highest BCUT2D eigenvalue weighted by atomic mass is 32.2. The van der Waals surface area contributed by atoms with E-state index >= 15 is 0 Å². The number of thioether (sulfide) groups is 1. The molecule has 1 aliphatic heterocycles. The van der Waals surface area contributed by atoms with Gasteiger partial charge in [0, 0.05) is 27.9 Å². The lowest BCUT2D eigenvalue weighted by molar-refractivity contribution is 0.599. The van der Waals surface area contributed by atoms with Crippen molar-refractivity contribution in [2.24, 2.45) is 5.92 Å². The molecule has 1 aromatic heterocycles. The maximum absolute atomic E-state index is 3.73. The molecule has 3 rings (SSSR count). The summed E-state index contributed by atoms with van der Waals surface area (Å²) in [5, 5.41) is 5.87. The highest BCUT2D eigenvalue weighted by Crippen LogP contribution is 2.34. The van der Waals surface area contributed by atoms with Crippen LogP contribution in [0.2, 0.25) is 0 Å². The minimum absolute atomic E-state index is 0.608. The Morgan fingerprint density at radius 1 is 1.11 bits per heavy atom. The van der Waals surface area contributed by atoms with Crippen molar-refractivity contribution in [1.29, 1.82) is 0 Å². The second-order valence-electron chi connectivity index (χ2n) is 4.79. The minimum atomic E-state index is 0.608. The molecule has 0 saturated carbocycles. The molecule has 2 aromatic rings. The molecule has 0 bridgehead atoms. The summed E-state index contributed by atoms with van der Waals surface area (Å²) in [4.78, 5) is 1.34. The first-order chi connectivity index (χ1) is 8.84. The van der Waals surface area contributed by atoms with Gasteiger partial charge in [-0.2, -0.15) is 11.8 Å². The lowest BCUT2D eigenvalue weighted by Crippen LogP contribution is -2.25. The van der Waals surface area contributed by atoms with Gasteiger partial charge in [0.15, 0.2) is 0 Å². The van der Waals surface area contributed by atoms with Crippen LogP contribution in [0.4, 0.5) is 5.69 Å². The number of hydrogen-bond acceptors (Lipinski definition) is 3. The molecule has 1 nitrogen and oxygen atoms in total. The molecule has 1 N–H and O–H groups in total. The zero-order valence-electron chi connectivity index (χ0n) is 10.4. The van der Waals surface area contributed by atoms with Gasteiger partial charge in [0.05, 0.1) is 0 Å². The quantitative estimate of drug-likeness (QED) is 0.880. The standard InChI is InChI=1S/C15H17NS2/c1-11-9-17-10-14(11)16-13-6-3-2-5-12(13)15-7-4-8-18-15/h2-8,11,14,16H,9-10H2,1H3. The Kier molecular flexibility index (Phi) is 3.62. The van der Waals surface area contributed by atoms with Crippen molar-refractivity contribution in [3.8, 4) is 10.4 Å². The summed E-state index contributed by atoms with van der Waals surface area (Å²) in [5.41, 5.74) is 2.61. The van der Waals surface area contributed by atoms with Crippen molar-refractivity contribution in [1.82, 2.24) is 0 Å². The Labute approximate surface area is 117 Å². The first kappa shape index (κ1) is 12.1. The third-order valence-electron chi connectivity index (χ3n) is 3.42. The van der Waals surface area contributed by atoms with Crippen molar-refractivity contribution in [2.75, 3.05) is 16.8 Å². The summed E-state index contributed by atoms with van der Waals surface area (Å²) in [5.74, 6) is 3.25. The van der Waals surface area contributed by atoms with E-state index in [0.717, 1.165) is 5.92 Å². The van der Waals surface area contributed by atoms with Crippen molar-refractivity contribution in [2.45, 2.75) is 13.0 Å². The molecular weight excluding hydrogens is 258 g/mol. The zero-order chi connectivity index (χ0) is 12.4. The van der Waals surface area contributed by atoms with E-state index in [4.69, 9.17) is 0 Å². The molecule has 2 unspecified atom stereocenters. The zero-order valence-corrected chi connectivity index (χ0v) is 12.1. The van der Waals surface area contributed by atoms with Gasteiger partial charge in [-0.3, -0.25) is 0 Å². The topological polar surface area (TPSA) is 12.0 Å². The fraction of sp³-hybridized carbons (Fsp3) is 0.333. The van der Waals surface area contributed by atoms with Crippen molar-refractivity contribution in [3.63, 3.8) is 0 Å². The first-order valence-electron chi connectivity index (χ1n) is 6.32. The van der Waals surface area contributed by atoms with Gasteiger partial charge in [0.1, 0.15) is 0 Å². The second kappa shape index (κ2) is 5.37. The summed E-state index contributed by atoms with van der Waals surface area (Å²) in [7, 11) is 0. The maximum Gasteiger partial charge on any atom is 0.0430 e. The van der Waals surface area contributed by atoms with E-state index in [9.17, 15) is 0 Å². The Hall–Kier alpha value is -0.930. The van der Waals surface area contributed by atoms with Gasteiger partial charge in [-0.15, -0.1) is 11.3 Å². The smallest absolute Gasteiger partial charge is 0.0430 e. The molecule has 2 atom stereocenters. The molecule has 0 radical (unpaired) electrons. The van der Waals surface area contributed by atoms with Gasteiger partial charge in [0.2, 0.25) is 0 Å². The lowest BCUT2D eigenvalue weighted by atomic mass is 10.0. The Balaban J connectivity index is 1.88. The van der Waals surface area contributed by atoms with Crippen molar-refractivity contribution < 1.29 is 0 Å². The Morgan fingerprint density at radius 3 is 2.72 bits per heavy atom. The Bertz CT molecular complexity index is 507. The van der Waals surface area contributed by atoms with Crippen LogP contribution in [0.15, 0.2) is 41.8 Å². The van der Waals surface area contributed by atoms with E-state index in [1.54, 1.807) is 11.3 Å². The SMILES string of the molecule is CC1CSCC1Nc1ccccc1-c1cccs1. The van der Waals surface area contributed by atoms with E-state index in [2.05, 4.69) is 65.8 Å². The average molecular weight is 275 g/mol. The predicted octanol–water partition coefficient (Wildman–Crippen LogP) is 4.58. The number of anilines is 1. The van der Waals surface area contributed by atoms with E-state index in [1.165, 1.54) is 27.6 Å². The third kappa shape index (κ3) is 2.43. The van der Waals surface area contributed by atoms with Crippen LogP contribution < -0.4 is 5.32 Å². The molecule has 2 heterocycles. The van der Waals surface area contributed by atoms with Crippen molar-refractivity contribution >= 4 is 28.8 Å². The van der Waals surface area contributed by atoms with E-state index in [-0.39, 0.29) is 0 Å². The van der Waals surface area contributed by atoms with E-state index < -0.39 is 0 Å². The van der Waals surface area contributed by atoms with Crippen LogP contribution in [0.5, 0.6) is 0 Å². The number of para-hydroxylation sites is 1. The summed E-state index contributed by atoms with van der Waals surface area (Å²) in [6.07, 6.45) is 0. The molecule has 1 saturated heterocycles. The fourth-order valence-electron chi connectivity index (χ4n) is 2.30. The molecular formula is C15H17NS2. The molecule has 3 heteroatoms. The normalized spacial score (nSPS) is 23.2. The largest absolute Gasteiger partial charge is 0.381 e. The van der Waals surface area contributed by atoms with E-state index in [1.807, 2.05) is 0 Å². The van der Waals surface area contributed by atoms with Crippen LogP contribution in [0.1, 0.15) is 6.92 Å². The van der Waals surface area contributed by atoms with Gasteiger partial charge in [0.25, 0.3) is 0 Å². The number of hydrogen-bond donors (Lipinski definition) is 1. The van der Waals surface area contributed by atoms with Gasteiger partial charge >= 0.3 is 0 Å². The van der Waals surface area contributed by atoms with Crippen LogP contribution in [-0.4, -0.2) is 17.5 Å². The minimum Gasteiger partial charge on any atom is -0.381 e. The fourth-order valence-corrected chi connectivity index (χ4v) is 4.47. The summed E-state index contributed by atoms with van der Waals surface area (Å²) < 4.78 is 0. The molecule has 1 aliphatic rings. The summed E-state index contributed by atoms with van der Waals surface area (Å²) in [6.45, 7) is 2.34. The third-order valence-corrected chi connectivity index (χ3v) is 5.68. The van der Waals surface area contributed by atoms with Gasteiger partial charge in [-0.25, -0.2) is 0 Å². The van der Waals surface area contributed by atoms with Crippen molar-refractivity contribution in [3.05, 3.63) is 41.8 Å². The predicted molar refractivity (Wildman–Crippen MR) is 83.7 cm³/mol. The van der Waals surface area contributed by atoms with E-state index in [0.29, 0.717) is 6.04 Å².